The van der Waals surface area contributed by atoms with E-state index in [1.807, 2.05) is 0 Å². The lowest BCUT2D eigenvalue weighted by atomic mass is 10.3. The number of rotatable bonds is 4. The molecule has 2 saturated carbocycles. The predicted octanol–water partition coefficient (Wildman–Crippen LogP) is 1.44. The molecule has 2 N–H and O–H groups in total. The van der Waals surface area contributed by atoms with Gasteiger partial charge in [-0.05, 0) is 37.7 Å². The molecule has 80 valence electrons. The van der Waals surface area contributed by atoms with Crippen LogP contribution in [0, 0.1) is 5.92 Å². The van der Waals surface area contributed by atoms with Crippen LogP contribution < -0.4 is 10.6 Å². The minimum absolute atomic E-state index is 0.571. The number of hydrogen-bond donors (Lipinski definition) is 1. The van der Waals surface area contributed by atoms with Crippen LogP contribution >= 0.6 is 0 Å². The third kappa shape index (κ3) is 2.03. The molecule has 0 unspecified atom stereocenters. The molecule has 15 heavy (non-hydrogen) atoms. The normalized spacial score (nSPS) is 20.3. The summed E-state index contributed by atoms with van der Waals surface area (Å²) in [6.45, 7) is 1.12. The van der Waals surface area contributed by atoms with Gasteiger partial charge in [0.15, 0.2) is 0 Å². The highest BCUT2D eigenvalue weighted by Crippen LogP contribution is 2.36. The van der Waals surface area contributed by atoms with Gasteiger partial charge in [0.05, 0.1) is 0 Å². The van der Waals surface area contributed by atoms with Crippen LogP contribution in [0.4, 0.5) is 11.8 Å². The number of aromatic nitrogens is 2. The SMILES string of the molecule is Nc1ccnc(N(CC2CC2)C2CC2)n1. The van der Waals surface area contributed by atoms with Crippen LogP contribution in [0.5, 0.6) is 0 Å². The molecule has 2 fully saturated rings. The van der Waals surface area contributed by atoms with E-state index < -0.39 is 0 Å². The highest BCUT2D eigenvalue weighted by molar-refractivity contribution is 5.40. The van der Waals surface area contributed by atoms with E-state index in [4.69, 9.17) is 5.73 Å². The summed E-state index contributed by atoms with van der Waals surface area (Å²) in [5.74, 6) is 2.27. The molecule has 0 amide bonds. The minimum Gasteiger partial charge on any atom is -0.384 e. The highest BCUT2D eigenvalue weighted by Gasteiger charge is 2.35. The van der Waals surface area contributed by atoms with Crippen LogP contribution in [0.1, 0.15) is 25.7 Å². The Labute approximate surface area is 89.5 Å². The summed E-state index contributed by atoms with van der Waals surface area (Å²) in [5.41, 5.74) is 5.69. The van der Waals surface area contributed by atoms with E-state index >= 15 is 0 Å². The Morgan fingerprint density at radius 1 is 1.33 bits per heavy atom. The van der Waals surface area contributed by atoms with Crippen LogP contribution in [0.15, 0.2) is 12.3 Å². The average Bonchev–Trinajstić information content (AvgIpc) is 3.08. The monoisotopic (exact) mass is 204 g/mol. The summed E-state index contributed by atoms with van der Waals surface area (Å²) in [4.78, 5) is 11.0. The molecule has 0 aromatic carbocycles. The molecule has 4 nitrogen and oxygen atoms in total. The van der Waals surface area contributed by atoms with Gasteiger partial charge in [0, 0.05) is 18.8 Å². The van der Waals surface area contributed by atoms with Gasteiger partial charge in [-0.3, -0.25) is 0 Å². The van der Waals surface area contributed by atoms with Gasteiger partial charge in [-0.1, -0.05) is 0 Å². The maximum absolute atomic E-state index is 5.69. The largest absolute Gasteiger partial charge is 0.384 e. The van der Waals surface area contributed by atoms with Crippen molar-refractivity contribution in [1.29, 1.82) is 0 Å². The van der Waals surface area contributed by atoms with E-state index in [1.54, 1.807) is 12.3 Å². The maximum atomic E-state index is 5.69. The Morgan fingerprint density at radius 3 is 2.73 bits per heavy atom. The molecule has 0 saturated heterocycles. The molecular weight excluding hydrogens is 188 g/mol. The summed E-state index contributed by atoms with van der Waals surface area (Å²) >= 11 is 0. The predicted molar refractivity (Wildman–Crippen MR) is 59.5 cm³/mol. The highest BCUT2D eigenvalue weighted by atomic mass is 15.3. The Balaban J connectivity index is 1.80. The Hall–Kier alpha value is -1.32. The van der Waals surface area contributed by atoms with Gasteiger partial charge < -0.3 is 10.6 Å². The molecule has 0 bridgehead atoms. The van der Waals surface area contributed by atoms with Crippen LogP contribution in [-0.4, -0.2) is 22.6 Å². The van der Waals surface area contributed by atoms with Gasteiger partial charge in [-0.15, -0.1) is 0 Å². The summed E-state index contributed by atoms with van der Waals surface area (Å²) < 4.78 is 0. The first-order valence-electron chi connectivity index (χ1n) is 5.68. The Morgan fingerprint density at radius 2 is 2.13 bits per heavy atom. The maximum Gasteiger partial charge on any atom is 0.227 e. The molecule has 0 radical (unpaired) electrons. The molecule has 1 heterocycles. The van der Waals surface area contributed by atoms with Gasteiger partial charge in [-0.2, -0.15) is 4.98 Å². The van der Waals surface area contributed by atoms with Crippen molar-refractivity contribution in [2.75, 3.05) is 17.2 Å². The summed E-state index contributed by atoms with van der Waals surface area (Å²) in [6, 6.07) is 2.42. The van der Waals surface area contributed by atoms with Crippen molar-refractivity contribution >= 4 is 11.8 Å². The molecule has 2 aliphatic rings. The number of hydrogen-bond acceptors (Lipinski definition) is 4. The lowest BCUT2D eigenvalue weighted by Crippen LogP contribution is -2.29. The van der Waals surface area contributed by atoms with Gasteiger partial charge in [0.25, 0.3) is 0 Å². The minimum atomic E-state index is 0.571. The first-order valence-corrected chi connectivity index (χ1v) is 5.68. The standard InChI is InChI=1S/C11H16N4/c12-10-5-6-13-11(14-10)15(9-3-4-9)7-8-1-2-8/h5-6,8-9H,1-4,7H2,(H2,12,13,14). The van der Waals surface area contributed by atoms with E-state index in [0.29, 0.717) is 11.9 Å². The van der Waals surface area contributed by atoms with Crippen molar-refractivity contribution in [3.8, 4) is 0 Å². The summed E-state index contributed by atoms with van der Waals surface area (Å²) in [7, 11) is 0. The second kappa shape index (κ2) is 3.36. The fraction of sp³-hybridized carbons (Fsp3) is 0.636. The summed E-state index contributed by atoms with van der Waals surface area (Å²) in [5, 5.41) is 0. The van der Waals surface area contributed by atoms with Crippen molar-refractivity contribution in [2.24, 2.45) is 5.92 Å². The molecule has 0 spiro atoms. The zero-order valence-corrected chi connectivity index (χ0v) is 8.76. The first-order chi connectivity index (χ1) is 7.33. The third-order valence-corrected chi connectivity index (χ3v) is 3.06. The average molecular weight is 204 g/mol. The van der Waals surface area contributed by atoms with E-state index in [9.17, 15) is 0 Å². The lowest BCUT2D eigenvalue weighted by molar-refractivity contribution is 0.697. The molecule has 0 atom stereocenters. The first kappa shape index (κ1) is 8.95. The smallest absolute Gasteiger partial charge is 0.227 e. The zero-order chi connectivity index (χ0) is 10.3. The molecule has 0 aliphatic heterocycles. The second-order valence-corrected chi connectivity index (χ2v) is 4.61. The van der Waals surface area contributed by atoms with E-state index in [2.05, 4.69) is 14.9 Å². The van der Waals surface area contributed by atoms with E-state index in [0.717, 1.165) is 18.4 Å². The lowest BCUT2D eigenvalue weighted by Gasteiger charge is -2.21. The van der Waals surface area contributed by atoms with Gasteiger partial charge in [0.2, 0.25) is 5.95 Å². The van der Waals surface area contributed by atoms with Crippen LogP contribution in [0.25, 0.3) is 0 Å². The molecular formula is C11H16N4. The van der Waals surface area contributed by atoms with Crippen molar-refractivity contribution in [3.63, 3.8) is 0 Å². The van der Waals surface area contributed by atoms with Gasteiger partial charge in [-0.25, -0.2) is 4.98 Å². The fourth-order valence-electron chi connectivity index (χ4n) is 1.86. The molecule has 1 aromatic heterocycles. The van der Waals surface area contributed by atoms with E-state index in [-0.39, 0.29) is 0 Å². The van der Waals surface area contributed by atoms with Crippen LogP contribution in [0.2, 0.25) is 0 Å². The molecule has 2 aliphatic carbocycles. The topological polar surface area (TPSA) is 55.0 Å². The van der Waals surface area contributed by atoms with Crippen molar-refractivity contribution in [2.45, 2.75) is 31.7 Å². The number of nitrogen functional groups attached to an aromatic ring is 1. The quantitative estimate of drug-likeness (QED) is 0.806. The van der Waals surface area contributed by atoms with Crippen molar-refractivity contribution < 1.29 is 0 Å². The van der Waals surface area contributed by atoms with Gasteiger partial charge in [0.1, 0.15) is 5.82 Å². The van der Waals surface area contributed by atoms with Gasteiger partial charge >= 0.3 is 0 Å². The fourth-order valence-corrected chi connectivity index (χ4v) is 1.86. The number of nitrogens with two attached hydrogens (primary N) is 1. The molecule has 3 rings (SSSR count). The number of anilines is 2. The van der Waals surface area contributed by atoms with E-state index in [1.165, 1.54) is 25.7 Å². The summed E-state index contributed by atoms with van der Waals surface area (Å²) in [6.07, 6.45) is 7.05. The molecule has 4 heteroatoms. The Kier molecular flexibility index (Phi) is 2.01. The van der Waals surface area contributed by atoms with Crippen molar-refractivity contribution in [1.82, 2.24) is 9.97 Å². The van der Waals surface area contributed by atoms with Crippen molar-refractivity contribution in [3.05, 3.63) is 12.3 Å². The number of nitrogens with zero attached hydrogens (tertiary/aromatic N) is 3. The Bertz CT molecular complexity index is 357. The van der Waals surface area contributed by atoms with Crippen LogP contribution in [-0.2, 0) is 0 Å². The molecule has 1 aromatic rings. The van der Waals surface area contributed by atoms with Crippen LogP contribution in [0.3, 0.4) is 0 Å². The second-order valence-electron chi connectivity index (χ2n) is 4.61. The third-order valence-electron chi connectivity index (χ3n) is 3.06. The zero-order valence-electron chi connectivity index (χ0n) is 8.76.